The zero-order valence-electron chi connectivity index (χ0n) is 21.6. The van der Waals surface area contributed by atoms with Crippen molar-refractivity contribution in [3.05, 3.63) is 60.9 Å². The third-order valence-corrected chi connectivity index (χ3v) is 5.31. The minimum Gasteiger partial charge on any atom is -0.491 e. The van der Waals surface area contributed by atoms with E-state index < -0.39 is 5.82 Å². The van der Waals surface area contributed by atoms with E-state index in [1.807, 2.05) is 32.3 Å². The number of fused-ring (bicyclic) bond motifs is 1. The highest BCUT2D eigenvalue weighted by Crippen LogP contribution is 2.37. The lowest BCUT2D eigenvalue weighted by molar-refractivity contribution is 0.277. The van der Waals surface area contributed by atoms with Crippen molar-refractivity contribution in [3.8, 4) is 16.9 Å². The molecule has 10 heteroatoms. The molecule has 0 aliphatic carbocycles. The van der Waals surface area contributed by atoms with Crippen molar-refractivity contribution in [2.75, 3.05) is 39.2 Å². The number of halogens is 1. The first-order valence-electron chi connectivity index (χ1n) is 11.7. The number of rotatable bonds is 10. The average molecular weight is 506 g/mol. The molecule has 0 aliphatic heterocycles. The van der Waals surface area contributed by atoms with Crippen LogP contribution in [0, 0.1) is 5.82 Å². The van der Waals surface area contributed by atoms with Gasteiger partial charge >= 0.3 is 0 Å². The van der Waals surface area contributed by atoms with Gasteiger partial charge in [0.05, 0.1) is 28.5 Å². The van der Waals surface area contributed by atoms with Crippen LogP contribution in [-0.4, -0.2) is 60.4 Å². The number of benzene rings is 2. The van der Waals surface area contributed by atoms with Gasteiger partial charge in [0, 0.05) is 45.1 Å². The minimum absolute atomic E-state index is 0.234. The van der Waals surface area contributed by atoms with Crippen LogP contribution < -0.4 is 15.4 Å². The lowest BCUT2D eigenvalue weighted by Crippen LogP contribution is -2.20. The van der Waals surface area contributed by atoms with Crippen LogP contribution in [0.15, 0.2) is 54.6 Å². The lowest BCUT2D eigenvalue weighted by Gasteiger charge is -2.16. The third-order valence-electron chi connectivity index (χ3n) is 5.31. The Labute approximate surface area is 216 Å². The highest BCUT2D eigenvalue weighted by Gasteiger charge is 2.17. The fourth-order valence-electron chi connectivity index (χ4n) is 3.65. The third kappa shape index (κ3) is 6.54. The molecule has 2 aromatic heterocycles. The monoisotopic (exact) mass is 505 g/mol. The van der Waals surface area contributed by atoms with Gasteiger partial charge in [-0.3, -0.25) is 9.67 Å². The normalized spacial score (nSPS) is 10.5. The smallest absolute Gasteiger partial charge is 0.156 e. The summed E-state index contributed by atoms with van der Waals surface area (Å²) in [5.74, 6) is 0.522. The molecule has 0 fully saturated rings. The summed E-state index contributed by atoms with van der Waals surface area (Å²) in [6.07, 6.45) is 6.56. The Bertz CT molecular complexity index is 1370. The molecule has 37 heavy (non-hydrogen) atoms. The molecule has 2 N–H and O–H groups in total. The molecule has 0 bridgehead atoms. The zero-order chi connectivity index (χ0) is 26.8. The van der Waals surface area contributed by atoms with E-state index in [0.29, 0.717) is 41.3 Å². The van der Waals surface area contributed by atoms with Gasteiger partial charge in [-0.25, -0.2) is 14.4 Å². The first-order chi connectivity index (χ1) is 18.0. The number of aryl methyl sites for hydroxylation is 1. The number of methoxy groups -OCH3 is 1. The second-order valence-electron chi connectivity index (χ2n) is 7.95. The molecule has 0 aliphatic rings. The van der Waals surface area contributed by atoms with Gasteiger partial charge in [-0.05, 0) is 43.1 Å². The van der Waals surface area contributed by atoms with E-state index in [1.54, 1.807) is 37.2 Å². The van der Waals surface area contributed by atoms with Crippen molar-refractivity contribution in [1.29, 1.82) is 0 Å². The summed E-state index contributed by atoms with van der Waals surface area (Å²) in [4.78, 5) is 12.7. The van der Waals surface area contributed by atoms with Gasteiger partial charge < -0.3 is 20.1 Å². The number of likely N-dealkylation sites (N-methyl/N-ethyl adjacent to an activating group) is 1. The van der Waals surface area contributed by atoms with Gasteiger partial charge in [-0.15, -0.1) is 0 Å². The Balaban J connectivity index is 0.00000121. The van der Waals surface area contributed by atoms with E-state index in [4.69, 9.17) is 4.74 Å². The number of aromatic nitrogens is 4. The van der Waals surface area contributed by atoms with Gasteiger partial charge in [-0.1, -0.05) is 19.6 Å². The molecule has 0 radical (unpaired) electrons. The van der Waals surface area contributed by atoms with E-state index in [0.717, 1.165) is 17.7 Å². The maximum atomic E-state index is 15.2. The van der Waals surface area contributed by atoms with Gasteiger partial charge in [0.1, 0.15) is 24.5 Å². The standard InChI is InChI=1S/C25H26FN7O.C2H6O/c1-5-18-19(27-3)7-8-20(24(18)26)32-25-23-21(29-15-30-25)11-16(17-13-31-33(4)14-17)12-22(23)34-10-9-28-6-2;1-3-2/h5,7-8,11-15,28H,1,3,6,9-10H2,2,4H3,(H,29,30,32);1-2H3. The molecular formula is C27H32FN7O2. The van der Waals surface area contributed by atoms with Gasteiger partial charge in [0.2, 0.25) is 0 Å². The van der Waals surface area contributed by atoms with Crippen molar-refractivity contribution in [2.24, 2.45) is 12.0 Å². The van der Waals surface area contributed by atoms with Crippen LogP contribution in [0.5, 0.6) is 5.75 Å². The van der Waals surface area contributed by atoms with Crippen molar-refractivity contribution < 1.29 is 13.9 Å². The second kappa shape index (κ2) is 13.2. The fourth-order valence-corrected chi connectivity index (χ4v) is 3.65. The van der Waals surface area contributed by atoms with Crippen molar-refractivity contribution in [3.63, 3.8) is 0 Å². The number of ether oxygens (including phenoxy) is 2. The summed E-state index contributed by atoms with van der Waals surface area (Å²) in [5, 5.41) is 11.3. The summed E-state index contributed by atoms with van der Waals surface area (Å²) in [5.41, 5.74) is 3.41. The van der Waals surface area contributed by atoms with Crippen molar-refractivity contribution in [1.82, 2.24) is 25.1 Å². The highest BCUT2D eigenvalue weighted by atomic mass is 19.1. The van der Waals surface area contributed by atoms with Gasteiger partial charge in [0.15, 0.2) is 5.82 Å². The fraction of sp³-hybridized carbons (Fsp3) is 0.259. The number of hydrogen-bond donors (Lipinski definition) is 2. The van der Waals surface area contributed by atoms with Crippen molar-refractivity contribution >= 4 is 40.9 Å². The zero-order valence-corrected chi connectivity index (χ0v) is 21.6. The van der Waals surface area contributed by atoms with Crippen LogP contribution in [0.4, 0.5) is 21.6 Å². The highest BCUT2D eigenvalue weighted by molar-refractivity contribution is 5.98. The predicted octanol–water partition coefficient (Wildman–Crippen LogP) is 5.14. The Morgan fingerprint density at radius 1 is 1.19 bits per heavy atom. The number of nitrogens with zero attached hydrogens (tertiary/aromatic N) is 5. The summed E-state index contributed by atoms with van der Waals surface area (Å²) in [7, 11) is 5.11. The molecule has 9 nitrogen and oxygen atoms in total. The molecule has 0 saturated heterocycles. The maximum absolute atomic E-state index is 15.2. The maximum Gasteiger partial charge on any atom is 0.156 e. The van der Waals surface area contributed by atoms with Crippen molar-refractivity contribution in [2.45, 2.75) is 6.92 Å². The van der Waals surface area contributed by atoms with Crippen LogP contribution in [-0.2, 0) is 11.8 Å². The van der Waals surface area contributed by atoms with E-state index in [9.17, 15) is 0 Å². The molecule has 194 valence electrons. The molecule has 2 aromatic carbocycles. The lowest BCUT2D eigenvalue weighted by atomic mass is 10.1. The van der Waals surface area contributed by atoms with Crippen LogP contribution in [0.1, 0.15) is 12.5 Å². The Morgan fingerprint density at radius 2 is 1.97 bits per heavy atom. The molecule has 0 atom stereocenters. The molecular weight excluding hydrogens is 473 g/mol. The first-order valence-corrected chi connectivity index (χ1v) is 11.7. The average Bonchev–Trinajstić information content (AvgIpc) is 3.34. The molecule has 0 spiro atoms. The SMILES string of the molecule is C=Cc1c(N=C)ccc(Nc2ncnc3cc(-c4cnn(C)c4)cc(OCCNCC)c23)c1F.COC. The van der Waals surface area contributed by atoms with Gasteiger partial charge in [-0.2, -0.15) is 5.10 Å². The molecule has 4 rings (SSSR count). The topological polar surface area (TPSA) is 98.5 Å². The van der Waals surface area contributed by atoms with Crippen LogP contribution >= 0.6 is 0 Å². The van der Waals surface area contributed by atoms with Crippen LogP contribution in [0.2, 0.25) is 0 Å². The largest absolute Gasteiger partial charge is 0.491 e. The molecule has 2 heterocycles. The minimum atomic E-state index is -0.492. The second-order valence-corrected chi connectivity index (χ2v) is 7.95. The summed E-state index contributed by atoms with van der Waals surface area (Å²) < 4.78 is 27.3. The number of nitrogens with one attached hydrogen (secondary N) is 2. The molecule has 0 unspecified atom stereocenters. The Hall–Kier alpha value is -4.15. The number of anilines is 2. The first kappa shape index (κ1) is 27.4. The number of aliphatic imine (C=N–C) groups is 1. The quantitative estimate of drug-likeness (QED) is 0.227. The van der Waals surface area contributed by atoms with Gasteiger partial charge in [0.25, 0.3) is 0 Å². The van der Waals surface area contributed by atoms with Crippen LogP contribution in [0.3, 0.4) is 0 Å². The molecule has 0 saturated carbocycles. The molecule has 0 amide bonds. The summed E-state index contributed by atoms with van der Waals surface area (Å²) in [6, 6.07) is 7.13. The molecule has 4 aromatic rings. The van der Waals surface area contributed by atoms with E-state index in [-0.39, 0.29) is 11.3 Å². The van der Waals surface area contributed by atoms with E-state index >= 15 is 4.39 Å². The predicted molar refractivity (Wildman–Crippen MR) is 148 cm³/mol. The number of hydrogen-bond acceptors (Lipinski definition) is 8. The summed E-state index contributed by atoms with van der Waals surface area (Å²) >= 11 is 0. The van der Waals surface area contributed by atoms with E-state index in [2.05, 4.69) is 48.7 Å². The summed E-state index contributed by atoms with van der Waals surface area (Å²) in [6.45, 7) is 11.2. The van der Waals surface area contributed by atoms with Crippen LogP contribution in [0.25, 0.3) is 28.1 Å². The van der Waals surface area contributed by atoms with E-state index in [1.165, 1.54) is 12.4 Å². The Morgan fingerprint density at radius 3 is 2.62 bits per heavy atom. The Kier molecular flexibility index (Phi) is 9.82.